The Hall–Kier alpha value is -2.46. The van der Waals surface area contributed by atoms with Gasteiger partial charge in [-0.3, -0.25) is 9.69 Å². The number of benzene rings is 2. The van der Waals surface area contributed by atoms with E-state index in [1.54, 1.807) is 6.07 Å². The number of carbonyl (C=O) groups excluding carboxylic acids is 1. The molecule has 1 aliphatic heterocycles. The normalized spacial score (nSPS) is 14.9. The number of hydrogen-bond donors (Lipinski definition) is 1. The SMILES string of the molecule is Cc1ccc(C)c(N(CC(=O)NCc2cccc(CN3CCOCC3)c2)S(=O)(=O)N(C)C)c1. The first-order chi connectivity index (χ1) is 15.7. The third kappa shape index (κ3) is 6.77. The van der Waals surface area contributed by atoms with E-state index in [1.807, 2.05) is 38.1 Å². The van der Waals surface area contributed by atoms with Gasteiger partial charge in [-0.25, -0.2) is 4.31 Å². The van der Waals surface area contributed by atoms with Crippen molar-refractivity contribution in [1.29, 1.82) is 0 Å². The van der Waals surface area contributed by atoms with Gasteiger partial charge in [0.15, 0.2) is 0 Å². The number of nitrogens with one attached hydrogen (secondary N) is 1. The third-order valence-electron chi connectivity index (χ3n) is 5.65. The van der Waals surface area contributed by atoms with Gasteiger partial charge in [0.25, 0.3) is 0 Å². The molecule has 0 atom stereocenters. The van der Waals surface area contributed by atoms with Crippen LogP contribution in [0.5, 0.6) is 0 Å². The Morgan fingerprint density at radius 1 is 1.06 bits per heavy atom. The van der Waals surface area contributed by atoms with Gasteiger partial charge in [0, 0.05) is 40.3 Å². The monoisotopic (exact) mass is 474 g/mol. The van der Waals surface area contributed by atoms with Crippen LogP contribution in [0.25, 0.3) is 0 Å². The standard InChI is InChI=1S/C24H34N4O4S/c1-19-8-9-20(2)23(14-19)28(33(30,31)26(3)4)18-24(29)25-16-21-6-5-7-22(15-21)17-27-10-12-32-13-11-27/h5-9,14-15H,10-13,16-18H2,1-4H3,(H,25,29). The van der Waals surface area contributed by atoms with Crippen LogP contribution in [0.1, 0.15) is 22.3 Å². The Labute approximate surface area is 197 Å². The average molecular weight is 475 g/mol. The van der Waals surface area contributed by atoms with E-state index in [2.05, 4.69) is 22.3 Å². The lowest BCUT2D eigenvalue weighted by Gasteiger charge is -2.28. The highest BCUT2D eigenvalue weighted by Gasteiger charge is 2.28. The molecule has 1 heterocycles. The number of anilines is 1. The molecule has 180 valence electrons. The molecule has 0 bridgehead atoms. The molecular formula is C24H34N4O4S. The quantitative estimate of drug-likeness (QED) is 0.602. The molecule has 3 rings (SSSR count). The highest BCUT2D eigenvalue weighted by atomic mass is 32.2. The van der Waals surface area contributed by atoms with E-state index in [0.717, 1.165) is 53.8 Å². The molecule has 9 heteroatoms. The second kappa shape index (κ2) is 11.1. The van der Waals surface area contributed by atoms with E-state index in [-0.39, 0.29) is 12.5 Å². The van der Waals surface area contributed by atoms with Crippen LogP contribution < -0.4 is 9.62 Å². The molecule has 0 aromatic heterocycles. The van der Waals surface area contributed by atoms with Crippen LogP contribution in [0.3, 0.4) is 0 Å². The Balaban J connectivity index is 1.68. The minimum atomic E-state index is -3.84. The van der Waals surface area contributed by atoms with Crippen LogP contribution in [0.15, 0.2) is 42.5 Å². The molecule has 0 unspecified atom stereocenters. The zero-order chi connectivity index (χ0) is 24.0. The molecule has 1 aliphatic rings. The Kier molecular flexibility index (Phi) is 8.47. The first kappa shape index (κ1) is 25.2. The van der Waals surface area contributed by atoms with Gasteiger partial charge in [0.1, 0.15) is 6.54 Å². The summed E-state index contributed by atoms with van der Waals surface area (Å²) in [5.41, 5.74) is 4.37. The molecule has 0 radical (unpaired) electrons. The second-order valence-electron chi connectivity index (χ2n) is 8.57. The molecule has 8 nitrogen and oxygen atoms in total. The average Bonchev–Trinajstić information content (AvgIpc) is 2.78. The molecule has 1 fully saturated rings. The number of morpholine rings is 1. The van der Waals surface area contributed by atoms with Crippen LogP contribution in [0.2, 0.25) is 0 Å². The van der Waals surface area contributed by atoms with Gasteiger partial charge in [-0.05, 0) is 42.2 Å². The number of nitrogens with zero attached hydrogens (tertiary/aromatic N) is 3. The van der Waals surface area contributed by atoms with Gasteiger partial charge in [-0.2, -0.15) is 12.7 Å². The van der Waals surface area contributed by atoms with Crippen molar-refractivity contribution in [3.05, 3.63) is 64.7 Å². The topological polar surface area (TPSA) is 82.2 Å². The predicted molar refractivity (Wildman–Crippen MR) is 130 cm³/mol. The summed E-state index contributed by atoms with van der Waals surface area (Å²) >= 11 is 0. The third-order valence-corrected chi connectivity index (χ3v) is 7.46. The number of ether oxygens (including phenoxy) is 1. The summed E-state index contributed by atoms with van der Waals surface area (Å²) in [4.78, 5) is 15.2. The van der Waals surface area contributed by atoms with Crippen molar-refractivity contribution in [2.75, 3.05) is 51.2 Å². The molecule has 0 spiro atoms. The smallest absolute Gasteiger partial charge is 0.304 e. The summed E-state index contributed by atoms with van der Waals surface area (Å²) < 4.78 is 33.7. The predicted octanol–water partition coefficient (Wildman–Crippen LogP) is 2.06. The van der Waals surface area contributed by atoms with E-state index in [9.17, 15) is 13.2 Å². The number of amides is 1. The summed E-state index contributed by atoms with van der Waals surface area (Å²) in [5.74, 6) is -0.361. The maximum Gasteiger partial charge on any atom is 0.304 e. The highest BCUT2D eigenvalue weighted by molar-refractivity contribution is 7.90. The number of rotatable bonds is 9. The lowest BCUT2D eigenvalue weighted by molar-refractivity contribution is -0.119. The van der Waals surface area contributed by atoms with Crippen molar-refractivity contribution in [3.63, 3.8) is 0 Å². The minimum Gasteiger partial charge on any atom is -0.379 e. The fourth-order valence-corrected chi connectivity index (χ4v) is 4.84. The van der Waals surface area contributed by atoms with Crippen LogP contribution >= 0.6 is 0 Å². The highest BCUT2D eigenvalue weighted by Crippen LogP contribution is 2.25. The lowest BCUT2D eigenvalue weighted by Crippen LogP contribution is -2.46. The molecular weight excluding hydrogens is 440 g/mol. The van der Waals surface area contributed by atoms with Gasteiger partial charge in [0.2, 0.25) is 5.91 Å². The molecule has 0 aliphatic carbocycles. The molecule has 2 aromatic rings. The molecule has 1 N–H and O–H groups in total. The summed E-state index contributed by atoms with van der Waals surface area (Å²) in [6.07, 6.45) is 0. The number of aryl methyl sites for hydroxylation is 2. The maximum absolute atomic E-state index is 13.0. The Bertz CT molecular complexity index is 1070. The maximum atomic E-state index is 13.0. The van der Waals surface area contributed by atoms with Crippen molar-refractivity contribution >= 4 is 21.8 Å². The number of carbonyl (C=O) groups is 1. The van der Waals surface area contributed by atoms with E-state index >= 15 is 0 Å². The van der Waals surface area contributed by atoms with E-state index < -0.39 is 10.2 Å². The summed E-state index contributed by atoms with van der Waals surface area (Å²) in [7, 11) is -0.915. The van der Waals surface area contributed by atoms with Crippen LogP contribution in [-0.4, -0.2) is 70.5 Å². The Morgan fingerprint density at radius 3 is 2.45 bits per heavy atom. The fourth-order valence-electron chi connectivity index (χ4n) is 3.72. The van der Waals surface area contributed by atoms with Gasteiger partial charge in [0.05, 0.1) is 18.9 Å². The molecule has 1 saturated heterocycles. The van der Waals surface area contributed by atoms with Gasteiger partial charge in [-0.1, -0.05) is 36.4 Å². The molecule has 33 heavy (non-hydrogen) atoms. The van der Waals surface area contributed by atoms with Crippen LogP contribution in [0, 0.1) is 13.8 Å². The fraction of sp³-hybridized carbons (Fsp3) is 0.458. The van der Waals surface area contributed by atoms with Gasteiger partial charge >= 0.3 is 10.2 Å². The minimum absolute atomic E-state index is 0.293. The largest absolute Gasteiger partial charge is 0.379 e. The van der Waals surface area contributed by atoms with Crippen molar-refractivity contribution in [1.82, 2.24) is 14.5 Å². The van der Waals surface area contributed by atoms with E-state index in [0.29, 0.717) is 12.2 Å². The van der Waals surface area contributed by atoms with Gasteiger partial charge < -0.3 is 10.1 Å². The van der Waals surface area contributed by atoms with Crippen molar-refractivity contribution in [2.45, 2.75) is 26.9 Å². The molecule has 0 saturated carbocycles. The summed E-state index contributed by atoms with van der Waals surface area (Å²) in [6.45, 7) is 7.94. The van der Waals surface area contributed by atoms with E-state index in [4.69, 9.17) is 4.74 Å². The number of hydrogen-bond acceptors (Lipinski definition) is 5. The first-order valence-electron chi connectivity index (χ1n) is 11.1. The molecule has 1 amide bonds. The van der Waals surface area contributed by atoms with Crippen molar-refractivity contribution in [3.8, 4) is 0 Å². The first-order valence-corrected chi connectivity index (χ1v) is 12.5. The Morgan fingerprint density at radius 2 is 1.76 bits per heavy atom. The van der Waals surface area contributed by atoms with Crippen LogP contribution in [0.4, 0.5) is 5.69 Å². The van der Waals surface area contributed by atoms with Gasteiger partial charge in [-0.15, -0.1) is 0 Å². The lowest BCUT2D eigenvalue weighted by atomic mass is 10.1. The second-order valence-corrected chi connectivity index (χ2v) is 10.6. The van der Waals surface area contributed by atoms with E-state index in [1.165, 1.54) is 24.0 Å². The molecule has 2 aromatic carbocycles. The van der Waals surface area contributed by atoms with Crippen LogP contribution in [-0.2, 0) is 32.8 Å². The van der Waals surface area contributed by atoms with Crippen molar-refractivity contribution in [2.24, 2.45) is 0 Å². The summed E-state index contributed by atoms with van der Waals surface area (Å²) in [6, 6.07) is 13.7. The zero-order valence-corrected chi connectivity index (χ0v) is 20.7. The van der Waals surface area contributed by atoms with Crippen molar-refractivity contribution < 1.29 is 17.9 Å². The summed E-state index contributed by atoms with van der Waals surface area (Å²) in [5, 5.41) is 2.88. The zero-order valence-electron chi connectivity index (χ0n) is 19.9.